The molecule has 0 saturated carbocycles. The molecule has 0 radical (unpaired) electrons. The Hall–Kier alpha value is -2.60. The van der Waals surface area contributed by atoms with Crippen LogP contribution >= 0.6 is 11.6 Å². The minimum Gasteiger partial charge on any atom is -0.496 e. The fourth-order valence-corrected chi connectivity index (χ4v) is 2.34. The molecule has 0 saturated heterocycles. The summed E-state index contributed by atoms with van der Waals surface area (Å²) in [6.07, 6.45) is 0.546. The molecule has 0 N–H and O–H groups in total. The summed E-state index contributed by atoms with van der Waals surface area (Å²) in [4.78, 5) is 12.3. The van der Waals surface area contributed by atoms with E-state index in [-0.39, 0.29) is 12.2 Å². The molecule has 6 nitrogen and oxygen atoms in total. The molecule has 0 unspecified atom stereocenters. The lowest BCUT2D eigenvalue weighted by molar-refractivity contribution is 0.0482. The van der Waals surface area contributed by atoms with E-state index >= 15 is 0 Å². The smallest absolute Gasteiger partial charge is 0.342 e. The number of carbonyl (C=O) groups is 1. The van der Waals surface area contributed by atoms with Gasteiger partial charge >= 0.3 is 5.97 Å². The van der Waals surface area contributed by atoms with Crippen LogP contribution in [0.3, 0.4) is 0 Å². The van der Waals surface area contributed by atoms with Crippen LogP contribution in [0.5, 0.6) is 23.0 Å². The molecule has 140 valence electrons. The quantitative estimate of drug-likeness (QED) is 0.484. The molecule has 26 heavy (non-hydrogen) atoms. The summed E-state index contributed by atoms with van der Waals surface area (Å²) < 4.78 is 26.5. The van der Waals surface area contributed by atoms with Crippen LogP contribution < -0.4 is 18.9 Å². The number of hydrogen-bond donors (Lipinski definition) is 0. The van der Waals surface area contributed by atoms with Crippen molar-refractivity contribution < 1.29 is 28.5 Å². The lowest BCUT2D eigenvalue weighted by Gasteiger charge is -2.13. The summed E-state index contributed by atoms with van der Waals surface area (Å²) in [5.41, 5.74) is 0.267. The molecule has 2 aromatic rings. The van der Waals surface area contributed by atoms with Gasteiger partial charge in [-0.05, 0) is 24.3 Å². The standard InChI is InChI=1S/C19H21ClO6/c1-22-16-12-18(24-3)17(23-2)11-15(16)19(21)26-10-4-9-25-14-7-5-13(20)6-8-14/h5-8,11-12H,4,9-10H2,1-3H3. The van der Waals surface area contributed by atoms with Gasteiger partial charge in [0, 0.05) is 23.6 Å². The van der Waals surface area contributed by atoms with Gasteiger partial charge in [-0.1, -0.05) is 11.6 Å². The number of esters is 1. The molecule has 0 fully saturated rings. The third-order valence-corrected chi connectivity index (χ3v) is 3.78. The molecule has 0 atom stereocenters. The van der Waals surface area contributed by atoms with Gasteiger partial charge in [-0.15, -0.1) is 0 Å². The second-order valence-electron chi connectivity index (χ2n) is 5.20. The number of methoxy groups -OCH3 is 3. The summed E-state index contributed by atoms with van der Waals surface area (Å²) in [5, 5.41) is 0.648. The average Bonchev–Trinajstić information content (AvgIpc) is 2.67. The highest BCUT2D eigenvalue weighted by Crippen LogP contribution is 2.34. The van der Waals surface area contributed by atoms with E-state index in [0.29, 0.717) is 41.0 Å². The highest BCUT2D eigenvalue weighted by molar-refractivity contribution is 6.30. The van der Waals surface area contributed by atoms with Crippen molar-refractivity contribution in [1.82, 2.24) is 0 Å². The zero-order chi connectivity index (χ0) is 18.9. The van der Waals surface area contributed by atoms with Crippen molar-refractivity contribution in [2.24, 2.45) is 0 Å². The van der Waals surface area contributed by atoms with Gasteiger partial charge in [0.25, 0.3) is 0 Å². The van der Waals surface area contributed by atoms with Gasteiger partial charge in [0.2, 0.25) is 0 Å². The van der Waals surface area contributed by atoms with Gasteiger partial charge in [-0.2, -0.15) is 0 Å². The average molecular weight is 381 g/mol. The first-order valence-electron chi connectivity index (χ1n) is 7.94. The third kappa shape index (κ3) is 5.20. The molecule has 0 aromatic heterocycles. The zero-order valence-electron chi connectivity index (χ0n) is 14.9. The maximum absolute atomic E-state index is 12.3. The first kappa shape index (κ1) is 19.7. The van der Waals surface area contributed by atoms with Crippen LogP contribution in [0.2, 0.25) is 5.02 Å². The van der Waals surface area contributed by atoms with E-state index in [0.717, 1.165) is 0 Å². The summed E-state index contributed by atoms with van der Waals surface area (Å²) in [6.45, 7) is 0.627. The molecule has 7 heteroatoms. The Kier molecular flexibility index (Phi) is 7.41. The number of ether oxygens (including phenoxy) is 5. The highest BCUT2D eigenvalue weighted by Gasteiger charge is 2.18. The molecule has 0 aliphatic heterocycles. The molecule has 0 aliphatic carbocycles. The number of rotatable bonds is 9. The Balaban J connectivity index is 1.88. The van der Waals surface area contributed by atoms with Crippen molar-refractivity contribution in [2.75, 3.05) is 34.5 Å². The van der Waals surface area contributed by atoms with Crippen molar-refractivity contribution in [2.45, 2.75) is 6.42 Å². The monoisotopic (exact) mass is 380 g/mol. The Morgan fingerprint density at radius 1 is 0.885 bits per heavy atom. The van der Waals surface area contributed by atoms with E-state index < -0.39 is 5.97 Å². The van der Waals surface area contributed by atoms with E-state index in [4.69, 9.17) is 35.3 Å². The van der Waals surface area contributed by atoms with Crippen LogP contribution in [0.15, 0.2) is 36.4 Å². The molecular formula is C19H21ClO6. The molecule has 0 spiro atoms. The SMILES string of the molecule is COc1cc(OC)c(C(=O)OCCCOc2ccc(Cl)cc2)cc1OC. The predicted molar refractivity (Wildman–Crippen MR) is 97.9 cm³/mol. The molecule has 0 amide bonds. The fourth-order valence-electron chi connectivity index (χ4n) is 2.21. The second kappa shape index (κ2) is 9.77. The molecule has 2 rings (SSSR count). The van der Waals surface area contributed by atoms with Gasteiger partial charge in [0.15, 0.2) is 11.5 Å². The lowest BCUT2D eigenvalue weighted by Crippen LogP contribution is -2.11. The van der Waals surface area contributed by atoms with Crippen molar-refractivity contribution in [3.8, 4) is 23.0 Å². The van der Waals surface area contributed by atoms with Gasteiger partial charge in [-0.3, -0.25) is 0 Å². The van der Waals surface area contributed by atoms with Crippen LogP contribution in [0.4, 0.5) is 0 Å². The zero-order valence-corrected chi connectivity index (χ0v) is 15.7. The number of benzene rings is 2. The first-order chi connectivity index (χ1) is 12.6. The number of carbonyl (C=O) groups excluding carboxylic acids is 1. The minimum absolute atomic E-state index is 0.212. The summed E-state index contributed by atoms with van der Waals surface area (Å²) in [6, 6.07) is 10.2. The molecule has 0 aliphatic rings. The van der Waals surface area contributed by atoms with Crippen LogP contribution in [-0.4, -0.2) is 40.5 Å². The predicted octanol–water partition coefficient (Wildman–Crippen LogP) is 3.99. The summed E-state index contributed by atoms with van der Waals surface area (Å²) >= 11 is 5.81. The van der Waals surface area contributed by atoms with Gasteiger partial charge < -0.3 is 23.7 Å². The third-order valence-electron chi connectivity index (χ3n) is 3.53. The van der Waals surface area contributed by atoms with E-state index in [9.17, 15) is 4.79 Å². The van der Waals surface area contributed by atoms with Crippen LogP contribution in [0.25, 0.3) is 0 Å². The normalized spacial score (nSPS) is 10.2. The van der Waals surface area contributed by atoms with Gasteiger partial charge in [0.05, 0.1) is 34.5 Å². The molecular weight excluding hydrogens is 360 g/mol. The van der Waals surface area contributed by atoms with Crippen LogP contribution in [0, 0.1) is 0 Å². The topological polar surface area (TPSA) is 63.2 Å². The first-order valence-corrected chi connectivity index (χ1v) is 8.32. The Bertz CT molecular complexity index is 730. The molecule has 2 aromatic carbocycles. The van der Waals surface area contributed by atoms with Gasteiger partial charge in [-0.25, -0.2) is 4.79 Å². The lowest BCUT2D eigenvalue weighted by atomic mass is 10.1. The number of hydrogen-bond acceptors (Lipinski definition) is 6. The van der Waals surface area contributed by atoms with E-state index in [2.05, 4.69) is 0 Å². The Morgan fingerprint density at radius 3 is 2.12 bits per heavy atom. The second-order valence-corrected chi connectivity index (χ2v) is 5.64. The highest BCUT2D eigenvalue weighted by atomic mass is 35.5. The van der Waals surface area contributed by atoms with E-state index in [1.807, 2.05) is 0 Å². The largest absolute Gasteiger partial charge is 0.496 e. The minimum atomic E-state index is -0.505. The Morgan fingerprint density at radius 2 is 1.50 bits per heavy atom. The van der Waals surface area contributed by atoms with Crippen molar-refractivity contribution >= 4 is 17.6 Å². The fraction of sp³-hybridized carbons (Fsp3) is 0.316. The summed E-state index contributed by atoms with van der Waals surface area (Å²) in [5.74, 6) is 1.45. The van der Waals surface area contributed by atoms with Crippen LogP contribution in [0.1, 0.15) is 16.8 Å². The maximum atomic E-state index is 12.3. The van der Waals surface area contributed by atoms with Crippen molar-refractivity contribution in [1.29, 1.82) is 0 Å². The Labute approximate surface area is 157 Å². The summed E-state index contributed by atoms with van der Waals surface area (Å²) in [7, 11) is 4.47. The van der Waals surface area contributed by atoms with Crippen LogP contribution in [-0.2, 0) is 4.74 Å². The molecule has 0 bridgehead atoms. The van der Waals surface area contributed by atoms with Gasteiger partial charge in [0.1, 0.15) is 17.1 Å². The molecule has 0 heterocycles. The maximum Gasteiger partial charge on any atom is 0.342 e. The van der Waals surface area contributed by atoms with E-state index in [1.165, 1.54) is 27.4 Å². The van der Waals surface area contributed by atoms with Crippen molar-refractivity contribution in [3.05, 3.63) is 47.0 Å². The van der Waals surface area contributed by atoms with E-state index in [1.54, 1.807) is 30.3 Å². The van der Waals surface area contributed by atoms with Crippen molar-refractivity contribution in [3.63, 3.8) is 0 Å². The number of halogens is 1.